The average molecular weight is 304 g/mol. The Morgan fingerprint density at radius 2 is 2.00 bits per heavy atom. The van der Waals surface area contributed by atoms with E-state index < -0.39 is 0 Å². The lowest BCUT2D eigenvalue weighted by Crippen LogP contribution is -2.17. The Balaban J connectivity index is 1.80. The Kier molecular flexibility index (Phi) is 3.09. The number of benzene rings is 1. The first kappa shape index (κ1) is 13.2. The zero-order valence-corrected chi connectivity index (χ0v) is 12.0. The molecule has 1 N–H and O–H groups in total. The van der Waals surface area contributed by atoms with Crippen LogP contribution in [0.25, 0.3) is 16.7 Å². The SMILES string of the molecule is N=c1c2cnn(-c3ccccc3)c2ncn1/N=C\c1ccco1. The third kappa shape index (κ3) is 2.34. The summed E-state index contributed by atoms with van der Waals surface area (Å²) in [6.07, 6.45) is 6.22. The predicted octanol–water partition coefficient (Wildman–Crippen LogP) is 2.18. The van der Waals surface area contributed by atoms with Crippen molar-refractivity contribution in [3.63, 3.8) is 0 Å². The summed E-state index contributed by atoms with van der Waals surface area (Å²) in [6.45, 7) is 0. The highest BCUT2D eigenvalue weighted by Gasteiger charge is 2.08. The Morgan fingerprint density at radius 3 is 2.78 bits per heavy atom. The highest BCUT2D eigenvalue weighted by atomic mass is 16.3. The standard InChI is InChI=1S/C16H12N6O/c17-15-14-10-20-22(12-5-2-1-3-6-12)16(14)18-11-21(15)19-9-13-7-4-8-23-13/h1-11,17H/b17-15?,19-9-. The molecule has 23 heavy (non-hydrogen) atoms. The molecular weight excluding hydrogens is 292 g/mol. The maximum Gasteiger partial charge on any atom is 0.168 e. The van der Waals surface area contributed by atoms with Gasteiger partial charge in [0.05, 0.1) is 29.7 Å². The molecule has 0 saturated heterocycles. The Morgan fingerprint density at radius 1 is 1.13 bits per heavy atom. The third-order valence-corrected chi connectivity index (χ3v) is 3.37. The van der Waals surface area contributed by atoms with Gasteiger partial charge in [-0.3, -0.25) is 5.41 Å². The summed E-state index contributed by atoms with van der Waals surface area (Å²) in [5.41, 5.74) is 1.72. The molecule has 4 rings (SSSR count). The fourth-order valence-corrected chi connectivity index (χ4v) is 2.25. The number of hydrogen-bond donors (Lipinski definition) is 1. The summed E-state index contributed by atoms with van der Waals surface area (Å²) < 4.78 is 8.26. The van der Waals surface area contributed by atoms with Crippen molar-refractivity contribution < 1.29 is 4.42 Å². The minimum atomic E-state index is 0.208. The minimum absolute atomic E-state index is 0.208. The second-order valence-corrected chi connectivity index (χ2v) is 4.83. The number of fused-ring (bicyclic) bond motifs is 1. The lowest BCUT2D eigenvalue weighted by molar-refractivity contribution is 0.559. The summed E-state index contributed by atoms with van der Waals surface area (Å²) >= 11 is 0. The van der Waals surface area contributed by atoms with Gasteiger partial charge < -0.3 is 4.42 Å². The van der Waals surface area contributed by atoms with Gasteiger partial charge in [-0.1, -0.05) is 18.2 Å². The maximum atomic E-state index is 8.27. The van der Waals surface area contributed by atoms with E-state index in [0.29, 0.717) is 16.8 Å². The Hall–Kier alpha value is -3.48. The van der Waals surface area contributed by atoms with Crippen molar-refractivity contribution in [1.82, 2.24) is 19.4 Å². The van der Waals surface area contributed by atoms with E-state index in [1.807, 2.05) is 30.3 Å². The quantitative estimate of drug-likeness (QED) is 0.589. The first-order valence-corrected chi connectivity index (χ1v) is 6.96. The van der Waals surface area contributed by atoms with Gasteiger partial charge >= 0.3 is 0 Å². The van der Waals surface area contributed by atoms with E-state index in [0.717, 1.165) is 5.69 Å². The molecule has 0 amide bonds. The fraction of sp³-hybridized carbons (Fsp3) is 0. The largest absolute Gasteiger partial charge is 0.463 e. The van der Waals surface area contributed by atoms with Gasteiger partial charge in [-0.15, -0.1) is 0 Å². The van der Waals surface area contributed by atoms with E-state index >= 15 is 0 Å². The van der Waals surface area contributed by atoms with E-state index in [-0.39, 0.29) is 5.49 Å². The number of nitrogens with zero attached hydrogens (tertiary/aromatic N) is 5. The third-order valence-electron chi connectivity index (χ3n) is 3.37. The highest BCUT2D eigenvalue weighted by Crippen LogP contribution is 2.12. The van der Waals surface area contributed by atoms with Crippen molar-refractivity contribution in [2.24, 2.45) is 5.10 Å². The van der Waals surface area contributed by atoms with Crippen LogP contribution in [0.2, 0.25) is 0 Å². The van der Waals surface area contributed by atoms with Crippen molar-refractivity contribution in [2.75, 3.05) is 0 Å². The van der Waals surface area contributed by atoms with Gasteiger partial charge in [0.1, 0.15) is 12.1 Å². The Labute approximate surface area is 130 Å². The smallest absolute Gasteiger partial charge is 0.168 e. The van der Waals surface area contributed by atoms with Crippen LogP contribution in [-0.4, -0.2) is 25.7 Å². The molecule has 0 unspecified atom stereocenters. The summed E-state index contributed by atoms with van der Waals surface area (Å²) in [4.78, 5) is 4.38. The minimum Gasteiger partial charge on any atom is -0.463 e. The van der Waals surface area contributed by atoms with E-state index in [4.69, 9.17) is 9.83 Å². The molecule has 7 nitrogen and oxygen atoms in total. The van der Waals surface area contributed by atoms with Gasteiger partial charge in [0.25, 0.3) is 0 Å². The van der Waals surface area contributed by atoms with Gasteiger partial charge in [0, 0.05) is 0 Å². The highest BCUT2D eigenvalue weighted by molar-refractivity contribution is 5.76. The summed E-state index contributed by atoms with van der Waals surface area (Å²) in [6, 6.07) is 13.2. The fourth-order valence-electron chi connectivity index (χ4n) is 2.25. The molecule has 0 bridgehead atoms. The van der Waals surface area contributed by atoms with Gasteiger partial charge in [0.2, 0.25) is 0 Å². The first-order chi connectivity index (χ1) is 11.3. The van der Waals surface area contributed by atoms with Crippen LogP contribution in [0.1, 0.15) is 5.76 Å². The molecular formula is C16H12N6O. The topological polar surface area (TPSA) is 85.0 Å². The molecule has 0 aliphatic heterocycles. The number of rotatable bonds is 3. The zero-order chi connectivity index (χ0) is 15.6. The number of para-hydroxylation sites is 1. The number of nitrogens with one attached hydrogen (secondary N) is 1. The summed E-state index contributed by atoms with van der Waals surface area (Å²) in [7, 11) is 0. The van der Waals surface area contributed by atoms with Gasteiger partial charge in [0.15, 0.2) is 11.1 Å². The van der Waals surface area contributed by atoms with Crippen LogP contribution in [0.15, 0.2) is 70.8 Å². The normalized spacial score (nSPS) is 11.5. The molecule has 3 aromatic heterocycles. The van der Waals surface area contributed by atoms with Crippen LogP contribution >= 0.6 is 0 Å². The lowest BCUT2D eigenvalue weighted by Gasteiger charge is -2.03. The second kappa shape index (κ2) is 5.38. The van der Waals surface area contributed by atoms with E-state index in [1.54, 1.807) is 29.3 Å². The van der Waals surface area contributed by atoms with Crippen molar-refractivity contribution in [2.45, 2.75) is 0 Å². The molecule has 1 aromatic carbocycles. The van der Waals surface area contributed by atoms with Crippen molar-refractivity contribution in [1.29, 1.82) is 5.41 Å². The molecule has 0 aliphatic carbocycles. The molecule has 0 fully saturated rings. The Bertz CT molecular complexity index is 1030. The molecule has 112 valence electrons. The summed E-state index contributed by atoms with van der Waals surface area (Å²) in [5.74, 6) is 0.608. The van der Waals surface area contributed by atoms with Gasteiger partial charge in [-0.05, 0) is 24.3 Å². The van der Waals surface area contributed by atoms with Crippen molar-refractivity contribution in [3.8, 4) is 5.69 Å². The number of furan rings is 1. The van der Waals surface area contributed by atoms with Crippen molar-refractivity contribution >= 4 is 17.2 Å². The van der Waals surface area contributed by atoms with E-state index in [2.05, 4.69) is 15.2 Å². The van der Waals surface area contributed by atoms with Crippen LogP contribution in [0.5, 0.6) is 0 Å². The van der Waals surface area contributed by atoms with Crippen LogP contribution in [0.3, 0.4) is 0 Å². The molecule has 0 saturated carbocycles. The van der Waals surface area contributed by atoms with Crippen LogP contribution < -0.4 is 5.49 Å². The van der Waals surface area contributed by atoms with Gasteiger partial charge in [-0.25, -0.2) is 14.3 Å². The monoisotopic (exact) mass is 304 g/mol. The molecule has 4 aromatic rings. The second-order valence-electron chi connectivity index (χ2n) is 4.83. The average Bonchev–Trinajstić information content (AvgIpc) is 3.25. The van der Waals surface area contributed by atoms with Crippen LogP contribution in [-0.2, 0) is 0 Å². The van der Waals surface area contributed by atoms with E-state index in [9.17, 15) is 0 Å². The molecule has 0 radical (unpaired) electrons. The number of aromatic nitrogens is 4. The first-order valence-electron chi connectivity index (χ1n) is 6.96. The summed E-state index contributed by atoms with van der Waals surface area (Å²) in [5, 5.41) is 17.4. The molecule has 0 aliphatic rings. The molecule has 0 atom stereocenters. The van der Waals surface area contributed by atoms with E-state index in [1.165, 1.54) is 17.2 Å². The zero-order valence-electron chi connectivity index (χ0n) is 12.0. The van der Waals surface area contributed by atoms with Gasteiger partial charge in [-0.2, -0.15) is 10.2 Å². The predicted molar refractivity (Wildman–Crippen MR) is 84.4 cm³/mol. The van der Waals surface area contributed by atoms with Crippen LogP contribution in [0.4, 0.5) is 0 Å². The molecule has 0 spiro atoms. The molecule has 7 heteroatoms. The maximum absolute atomic E-state index is 8.27. The lowest BCUT2D eigenvalue weighted by atomic mass is 10.3. The van der Waals surface area contributed by atoms with Crippen molar-refractivity contribution in [3.05, 3.63) is 72.5 Å². The number of hydrogen-bond acceptors (Lipinski definition) is 5. The molecule has 3 heterocycles. The van der Waals surface area contributed by atoms with Crippen LogP contribution in [0, 0.1) is 5.41 Å².